The standard InChI is InChI=1S/C18H17N3O2/c1-13-3-7-15(8-4-13)21-11-17(19-12-21)18(22)20-14-5-9-16(23-2)10-6-14/h3-12H,1-2H3,(H,20,22). The van der Waals surface area contributed by atoms with Crippen LogP contribution in [0.25, 0.3) is 5.69 Å². The number of carbonyl (C=O) groups excluding carboxylic acids is 1. The van der Waals surface area contributed by atoms with E-state index in [4.69, 9.17) is 4.74 Å². The minimum atomic E-state index is -0.249. The number of methoxy groups -OCH3 is 1. The summed E-state index contributed by atoms with van der Waals surface area (Å²) in [5.41, 5.74) is 3.21. The second-order valence-corrected chi connectivity index (χ2v) is 5.18. The van der Waals surface area contributed by atoms with Crippen molar-refractivity contribution in [2.45, 2.75) is 6.92 Å². The molecule has 0 unspecified atom stereocenters. The third kappa shape index (κ3) is 3.40. The van der Waals surface area contributed by atoms with Crippen LogP contribution in [-0.4, -0.2) is 22.6 Å². The van der Waals surface area contributed by atoms with Gasteiger partial charge < -0.3 is 14.6 Å². The number of ether oxygens (including phenoxy) is 1. The number of amides is 1. The highest BCUT2D eigenvalue weighted by Crippen LogP contribution is 2.16. The first-order valence-electron chi connectivity index (χ1n) is 7.22. The van der Waals surface area contributed by atoms with Gasteiger partial charge in [-0.2, -0.15) is 0 Å². The summed E-state index contributed by atoms with van der Waals surface area (Å²) in [5, 5.41) is 2.81. The molecule has 0 atom stereocenters. The van der Waals surface area contributed by atoms with E-state index in [1.54, 1.807) is 43.9 Å². The van der Waals surface area contributed by atoms with E-state index < -0.39 is 0 Å². The average molecular weight is 307 g/mol. The van der Waals surface area contributed by atoms with E-state index in [1.165, 1.54) is 5.56 Å². The van der Waals surface area contributed by atoms with Crippen molar-refractivity contribution < 1.29 is 9.53 Å². The van der Waals surface area contributed by atoms with Gasteiger partial charge in [0.25, 0.3) is 5.91 Å². The van der Waals surface area contributed by atoms with Gasteiger partial charge in [0.15, 0.2) is 0 Å². The molecule has 0 aliphatic rings. The van der Waals surface area contributed by atoms with Gasteiger partial charge in [-0.1, -0.05) is 17.7 Å². The highest BCUT2D eigenvalue weighted by atomic mass is 16.5. The Bertz CT molecular complexity index is 805. The number of benzene rings is 2. The second-order valence-electron chi connectivity index (χ2n) is 5.18. The van der Waals surface area contributed by atoms with Gasteiger partial charge in [0, 0.05) is 17.6 Å². The zero-order valence-corrected chi connectivity index (χ0v) is 13.0. The van der Waals surface area contributed by atoms with Crippen LogP contribution in [0.15, 0.2) is 61.1 Å². The molecule has 3 aromatic rings. The Kier molecular flexibility index (Phi) is 4.10. The van der Waals surface area contributed by atoms with Gasteiger partial charge in [-0.05, 0) is 43.3 Å². The Balaban J connectivity index is 1.74. The molecule has 0 spiro atoms. The fourth-order valence-corrected chi connectivity index (χ4v) is 2.17. The van der Waals surface area contributed by atoms with E-state index in [2.05, 4.69) is 10.3 Å². The van der Waals surface area contributed by atoms with E-state index in [0.717, 1.165) is 11.4 Å². The largest absolute Gasteiger partial charge is 0.497 e. The molecule has 23 heavy (non-hydrogen) atoms. The maximum Gasteiger partial charge on any atom is 0.275 e. The zero-order valence-electron chi connectivity index (χ0n) is 13.0. The smallest absolute Gasteiger partial charge is 0.275 e. The summed E-state index contributed by atoms with van der Waals surface area (Å²) in [7, 11) is 1.60. The lowest BCUT2D eigenvalue weighted by Crippen LogP contribution is -2.12. The van der Waals surface area contributed by atoms with Crippen molar-refractivity contribution >= 4 is 11.6 Å². The van der Waals surface area contributed by atoms with E-state index in [-0.39, 0.29) is 5.91 Å². The van der Waals surface area contributed by atoms with Crippen LogP contribution in [0.1, 0.15) is 16.1 Å². The number of aryl methyl sites for hydroxylation is 1. The quantitative estimate of drug-likeness (QED) is 0.803. The van der Waals surface area contributed by atoms with Gasteiger partial charge in [-0.15, -0.1) is 0 Å². The molecule has 3 rings (SSSR count). The topological polar surface area (TPSA) is 56.1 Å². The molecular formula is C18H17N3O2. The number of hydrogen-bond acceptors (Lipinski definition) is 3. The molecule has 5 heteroatoms. The second kappa shape index (κ2) is 6.36. The van der Waals surface area contributed by atoms with E-state index in [1.807, 2.05) is 35.8 Å². The molecule has 0 aliphatic heterocycles. The fourth-order valence-electron chi connectivity index (χ4n) is 2.17. The fraction of sp³-hybridized carbons (Fsp3) is 0.111. The van der Waals surface area contributed by atoms with Crippen molar-refractivity contribution in [3.8, 4) is 11.4 Å². The van der Waals surface area contributed by atoms with Gasteiger partial charge in [0.1, 0.15) is 17.8 Å². The molecule has 116 valence electrons. The molecule has 0 saturated heterocycles. The van der Waals surface area contributed by atoms with Gasteiger partial charge >= 0.3 is 0 Å². The summed E-state index contributed by atoms with van der Waals surface area (Å²) in [5.74, 6) is 0.493. The van der Waals surface area contributed by atoms with Crippen molar-refractivity contribution in [2.75, 3.05) is 12.4 Å². The SMILES string of the molecule is COc1ccc(NC(=O)c2cn(-c3ccc(C)cc3)cn2)cc1. The Hall–Kier alpha value is -3.08. The summed E-state index contributed by atoms with van der Waals surface area (Å²) in [6.07, 6.45) is 3.34. The molecule has 0 radical (unpaired) electrons. The molecule has 0 bridgehead atoms. The van der Waals surface area contributed by atoms with Crippen molar-refractivity contribution in [3.63, 3.8) is 0 Å². The van der Waals surface area contributed by atoms with Crippen LogP contribution >= 0.6 is 0 Å². The highest BCUT2D eigenvalue weighted by molar-refractivity contribution is 6.02. The van der Waals surface area contributed by atoms with Crippen LogP contribution < -0.4 is 10.1 Å². The molecule has 0 aliphatic carbocycles. The minimum absolute atomic E-state index is 0.249. The lowest BCUT2D eigenvalue weighted by atomic mass is 10.2. The maximum absolute atomic E-state index is 12.2. The van der Waals surface area contributed by atoms with Gasteiger partial charge in [-0.3, -0.25) is 4.79 Å². The van der Waals surface area contributed by atoms with E-state index in [9.17, 15) is 4.79 Å². The van der Waals surface area contributed by atoms with Crippen molar-refractivity contribution in [1.82, 2.24) is 9.55 Å². The molecule has 1 heterocycles. The number of nitrogens with zero attached hydrogens (tertiary/aromatic N) is 2. The number of aromatic nitrogens is 2. The first-order chi connectivity index (χ1) is 11.2. The Labute approximate surface area is 134 Å². The molecular weight excluding hydrogens is 290 g/mol. The van der Waals surface area contributed by atoms with Gasteiger partial charge in [-0.25, -0.2) is 4.98 Å². The van der Waals surface area contributed by atoms with Crippen LogP contribution in [0, 0.1) is 6.92 Å². The van der Waals surface area contributed by atoms with Crippen LogP contribution in [0.4, 0.5) is 5.69 Å². The molecule has 0 saturated carbocycles. The number of imidazole rings is 1. The van der Waals surface area contributed by atoms with E-state index >= 15 is 0 Å². The van der Waals surface area contributed by atoms with E-state index in [0.29, 0.717) is 11.4 Å². The molecule has 1 N–H and O–H groups in total. The lowest BCUT2D eigenvalue weighted by molar-refractivity contribution is 0.102. The molecule has 5 nitrogen and oxygen atoms in total. The number of nitrogens with one attached hydrogen (secondary N) is 1. The Morgan fingerprint density at radius 3 is 2.43 bits per heavy atom. The van der Waals surface area contributed by atoms with Crippen molar-refractivity contribution in [1.29, 1.82) is 0 Å². The lowest BCUT2D eigenvalue weighted by Gasteiger charge is -2.04. The van der Waals surface area contributed by atoms with Crippen LogP contribution in [-0.2, 0) is 0 Å². The zero-order chi connectivity index (χ0) is 16.2. The first kappa shape index (κ1) is 14.8. The van der Waals surface area contributed by atoms with Gasteiger partial charge in [0.2, 0.25) is 0 Å². The Morgan fingerprint density at radius 2 is 1.78 bits per heavy atom. The predicted octanol–water partition coefficient (Wildman–Crippen LogP) is 3.44. The number of carbonyl (C=O) groups is 1. The Morgan fingerprint density at radius 1 is 1.09 bits per heavy atom. The molecule has 1 amide bonds. The molecule has 1 aromatic heterocycles. The number of anilines is 1. The number of hydrogen-bond donors (Lipinski definition) is 1. The highest BCUT2D eigenvalue weighted by Gasteiger charge is 2.10. The number of rotatable bonds is 4. The van der Waals surface area contributed by atoms with Gasteiger partial charge in [0.05, 0.1) is 7.11 Å². The molecule has 2 aromatic carbocycles. The third-order valence-corrected chi connectivity index (χ3v) is 3.50. The maximum atomic E-state index is 12.2. The average Bonchev–Trinajstić information content (AvgIpc) is 3.06. The first-order valence-corrected chi connectivity index (χ1v) is 7.22. The van der Waals surface area contributed by atoms with Crippen LogP contribution in [0.3, 0.4) is 0 Å². The summed E-state index contributed by atoms with van der Waals surface area (Å²) < 4.78 is 6.91. The van der Waals surface area contributed by atoms with Crippen LogP contribution in [0.5, 0.6) is 5.75 Å². The summed E-state index contributed by atoms with van der Waals surface area (Å²) in [4.78, 5) is 16.4. The van der Waals surface area contributed by atoms with Crippen molar-refractivity contribution in [3.05, 3.63) is 72.3 Å². The summed E-state index contributed by atoms with van der Waals surface area (Å²) in [6, 6.07) is 15.2. The summed E-state index contributed by atoms with van der Waals surface area (Å²) in [6.45, 7) is 2.03. The molecule has 0 fully saturated rings. The monoisotopic (exact) mass is 307 g/mol. The predicted molar refractivity (Wildman–Crippen MR) is 89.2 cm³/mol. The summed E-state index contributed by atoms with van der Waals surface area (Å²) >= 11 is 0. The van der Waals surface area contributed by atoms with Crippen molar-refractivity contribution in [2.24, 2.45) is 0 Å². The van der Waals surface area contributed by atoms with Crippen LogP contribution in [0.2, 0.25) is 0 Å². The normalized spacial score (nSPS) is 10.3. The minimum Gasteiger partial charge on any atom is -0.497 e. The third-order valence-electron chi connectivity index (χ3n) is 3.50.